The number of thiazole rings is 1. The second kappa shape index (κ2) is 4.66. The Morgan fingerprint density at radius 2 is 2.00 bits per heavy atom. The summed E-state index contributed by atoms with van der Waals surface area (Å²) in [6, 6.07) is 6.05. The number of hydrogen-bond acceptors (Lipinski definition) is 5. The molecule has 20 heavy (non-hydrogen) atoms. The molecule has 0 amide bonds. The minimum absolute atomic E-state index is 0.000206. The predicted octanol–water partition coefficient (Wildman–Crippen LogP) is 3.34. The lowest BCUT2D eigenvalue weighted by molar-refractivity contribution is 0.174. The maximum absolute atomic E-state index is 5.88. The number of rotatable bonds is 2. The van der Waals surface area contributed by atoms with Crippen molar-refractivity contribution in [2.45, 2.75) is 32.6 Å². The van der Waals surface area contributed by atoms with E-state index < -0.39 is 0 Å². The Balaban J connectivity index is 1.92. The molecule has 4 nitrogen and oxygen atoms in total. The highest BCUT2D eigenvalue weighted by Crippen LogP contribution is 2.36. The Hall–Kier alpha value is -1.75. The van der Waals surface area contributed by atoms with Crippen LogP contribution >= 0.6 is 11.3 Å². The van der Waals surface area contributed by atoms with Gasteiger partial charge < -0.3 is 15.2 Å². The molecule has 0 atom stereocenters. The van der Waals surface area contributed by atoms with Gasteiger partial charge in [0.2, 0.25) is 6.79 Å². The zero-order valence-corrected chi connectivity index (χ0v) is 12.7. The summed E-state index contributed by atoms with van der Waals surface area (Å²) in [6.07, 6.45) is 0.818. The van der Waals surface area contributed by atoms with Gasteiger partial charge in [0, 0.05) is 16.7 Å². The molecule has 5 heteroatoms. The molecule has 1 aliphatic heterocycles. The summed E-state index contributed by atoms with van der Waals surface area (Å²) < 4.78 is 10.8. The van der Waals surface area contributed by atoms with Gasteiger partial charge in [0.05, 0.1) is 5.69 Å². The first-order valence-corrected chi connectivity index (χ1v) is 7.39. The van der Waals surface area contributed by atoms with Crippen molar-refractivity contribution in [3.05, 3.63) is 34.3 Å². The van der Waals surface area contributed by atoms with Gasteiger partial charge in [-0.15, -0.1) is 11.3 Å². The molecule has 2 heterocycles. The molecule has 0 radical (unpaired) electrons. The number of nitrogens with two attached hydrogens (primary N) is 1. The molecule has 1 aliphatic rings. The fraction of sp³-hybridized carbons (Fsp3) is 0.400. The predicted molar refractivity (Wildman–Crippen MR) is 80.6 cm³/mol. The fourth-order valence-electron chi connectivity index (χ4n) is 2.31. The van der Waals surface area contributed by atoms with Gasteiger partial charge in [-0.2, -0.15) is 0 Å². The van der Waals surface area contributed by atoms with Crippen molar-refractivity contribution in [2.24, 2.45) is 0 Å². The molecule has 2 N–H and O–H groups in total. The number of aromatic nitrogens is 1. The monoisotopic (exact) mass is 290 g/mol. The van der Waals surface area contributed by atoms with Crippen LogP contribution in [0.5, 0.6) is 11.5 Å². The maximum Gasteiger partial charge on any atom is 0.231 e. The molecule has 1 aromatic heterocycles. The highest BCUT2D eigenvalue weighted by molar-refractivity contribution is 7.15. The van der Waals surface area contributed by atoms with E-state index in [0.717, 1.165) is 23.6 Å². The fourth-order valence-corrected chi connectivity index (χ4v) is 3.39. The molecule has 2 aromatic rings. The average molecular weight is 290 g/mol. The van der Waals surface area contributed by atoms with Crippen LogP contribution in [-0.4, -0.2) is 11.8 Å². The topological polar surface area (TPSA) is 57.4 Å². The zero-order valence-electron chi connectivity index (χ0n) is 11.9. The molecule has 0 aliphatic carbocycles. The smallest absolute Gasteiger partial charge is 0.231 e. The van der Waals surface area contributed by atoms with Gasteiger partial charge >= 0.3 is 0 Å². The standard InChI is InChI=1S/C15H18N2O2S/c1-15(2,3)13-12(20-14(16)17-13)7-9-4-5-10-11(6-9)19-8-18-10/h4-6H,7-8H2,1-3H3,(H2,16,17). The van der Waals surface area contributed by atoms with Crippen LogP contribution < -0.4 is 15.2 Å². The van der Waals surface area contributed by atoms with Gasteiger partial charge in [0.15, 0.2) is 16.6 Å². The SMILES string of the molecule is CC(C)(C)c1nc(N)sc1Cc1ccc2c(c1)OCO2. The van der Waals surface area contributed by atoms with Crippen molar-refractivity contribution in [3.63, 3.8) is 0 Å². The molecular formula is C15H18N2O2S. The first-order valence-electron chi connectivity index (χ1n) is 6.57. The Morgan fingerprint density at radius 3 is 2.75 bits per heavy atom. The van der Waals surface area contributed by atoms with E-state index in [1.54, 1.807) is 11.3 Å². The third-order valence-corrected chi connectivity index (χ3v) is 4.11. The number of benzene rings is 1. The quantitative estimate of drug-likeness (QED) is 0.921. The van der Waals surface area contributed by atoms with E-state index in [1.807, 2.05) is 12.1 Å². The Bertz CT molecular complexity index is 644. The molecular weight excluding hydrogens is 272 g/mol. The van der Waals surface area contributed by atoms with Crippen molar-refractivity contribution < 1.29 is 9.47 Å². The lowest BCUT2D eigenvalue weighted by atomic mass is 9.90. The van der Waals surface area contributed by atoms with Crippen molar-refractivity contribution in [3.8, 4) is 11.5 Å². The second-order valence-corrected chi connectivity index (χ2v) is 7.05. The lowest BCUT2D eigenvalue weighted by Gasteiger charge is -2.17. The number of ether oxygens (including phenoxy) is 2. The average Bonchev–Trinajstić information content (AvgIpc) is 2.94. The van der Waals surface area contributed by atoms with Gasteiger partial charge in [-0.1, -0.05) is 26.8 Å². The van der Waals surface area contributed by atoms with Crippen molar-refractivity contribution in [2.75, 3.05) is 12.5 Å². The number of nitrogens with zero attached hydrogens (tertiary/aromatic N) is 1. The van der Waals surface area contributed by atoms with Crippen LogP contribution in [0.4, 0.5) is 5.13 Å². The Morgan fingerprint density at radius 1 is 1.25 bits per heavy atom. The van der Waals surface area contributed by atoms with E-state index in [0.29, 0.717) is 11.9 Å². The van der Waals surface area contributed by atoms with E-state index in [9.17, 15) is 0 Å². The van der Waals surface area contributed by atoms with Crippen molar-refractivity contribution in [1.82, 2.24) is 4.98 Å². The Kier molecular flexibility index (Phi) is 3.09. The minimum Gasteiger partial charge on any atom is -0.454 e. The van der Waals surface area contributed by atoms with E-state index >= 15 is 0 Å². The molecule has 0 unspecified atom stereocenters. The number of hydrogen-bond donors (Lipinski definition) is 1. The van der Waals surface area contributed by atoms with Gasteiger partial charge in [-0.25, -0.2) is 4.98 Å². The van der Waals surface area contributed by atoms with E-state index in [4.69, 9.17) is 15.2 Å². The van der Waals surface area contributed by atoms with Crippen LogP contribution in [0.3, 0.4) is 0 Å². The minimum atomic E-state index is -0.000206. The highest BCUT2D eigenvalue weighted by Gasteiger charge is 2.23. The summed E-state index contributed by atoms with van der Waals surface area (Å²) >= 11 is 1.56. The number of nitrogen functional groups attached to an aromatic ring is 1. The van der Waals surface area contributed by atoms with Gasteiger partial charge in [0.25, 0.3) is 0 Å². The largest absolute Gasteiger partial charge is 0.454 e. The third-order valence-electron chi connectivity index (χ3n) is 3.23. The molecule has 106 valence electrons. The maximum atomic E-state index is 5.88. The number of fused-ring (bicyclic) bond motifs is 1. The van der Waals surface area contributed by atoms with Crippen LogP contribution in [0.2, 0.25) is 0 Å². The van der Waals surface area contributed by atoms with Gasteiger partial charge in [-0.3, -0.25) is 0 Å². The number of anilines is 1. The van der Waals surface area contributed by atoms with Gasteiger partial charge in [0.1, 0.15) is 0 Å². The lowest BCUT2D eigenvalue weighted by Crippen LogP contribution is -2.14. The molecule has 3 rings (SSSR count). The molecule has 1 aromatic carbocycles. The summed E-state index contributed by atoms with van der Waals surface area (Å²) in [5.41, 5.74) is 8.15. The first-order chi connectivity index (χ1) is 9.43. The Labute approximate surface area is 122 Å². The van der Waals surface area contributed by atoms with Crippen LogP contribution in [-0.2, 0) is 11.8 Å². The summed E-state index contributed by atoms with van der Waals surface area (Å²) in [4.78, 5) is 5.71. The van der Waals surface area contributed by atoms with Gasteiger partial charge in [-0.05, 0) is 17.7 Å². The third kappa shape index (κ3) is 2.45. The van der Waals surface area contributed by atoms with Crippen LogP contribution in [0.15, 0.2) is 18.2 Å². The molecule has 0 fully saturated rings. The summed E-state index contributed by atoms with van der Waals surface area (Å²) in [7, 11) is 0. The van der Waals surface area contributed by atoms with Crippen molar-refractivity contribution >= 4 is 16.5 Å². The second-order valence-electron chi connectivity index (χ2n) is 5.94. The normalized spacial score (nSPS) is 13.8. The van der Waals surface area contributed by atoms with Crippen LogP contribution in [0.25, 0.3) is 0 Å². The van der Waals surface area contributed by atoms with E-state index in [2.05, 4.69) is 31.8 Å². The highest BCUT2D eigenvalue weighted by atomic mass is 32.1. The summed E-state index contributed by atoms with van der Waals surface area (Å²) in [6.45, 7) is 6.78. The summed E-state index contributed by atoms with van der Waals surface area (Å²) in [5, 5.41) is 0.630. The first kappa shape index (κ1) is 13.2. The van der Waals surface area contributed by atoms with Crippen molar-refractivity contribution in [1.29, 1.82) is 0 Å². The summed E-state index contributed by atoms with van der Waals surface area (Å²) in [5.74, 6) is 1.63. The van der Waals surface area contributed by atoms with Crippen LogP contribution in [0.1, 0.15) is 36.9 Å². The molecule has 0 saturated heterocycles. The molecule has 0 bridgehead atoms. The molecule has 0 spiro atoms. The van der Waals surface area contributed by atoms with E-state index in [-0.39, 0.29) is 5.41 Å². The van der Waals surface area contributed by atoms with Crippen LogP contribution in [0, 0.1) is 0 Å². The zero-order chi connectivity index (χ0) is 14.3. The van der Waals surface area contributed by atoms with E-state index in [1.165, 1.54) is 10.4 Å². The molecule has 0 saturated carbocycles.